The largest absolute Gasteiger partial charge is 0.304 e. The lowest BCUT2D eigenvalue weighted by Crippen LogP contribution is -2.46. The number of carbonyl (C=O) groups excluding carboxylic acids is 1. The van der Waals surface area contributed by atoms with Gasteiger partial charge in [-0.1, -0.05) is 0 Å². The van der Waals surface area contributed by atoms with Gasteiger partial charge in [-0.25, -0.2) is 4.72 Å². The fraction of sp³-hybridized carbons (Fsp3) is 0.429. The van der Waals surface area contributed by atoms with Crippen molar-refractivity contribution in [1.82, 2.24) is 9.03 Å². The van der Waals surface area contributed by atoms with Crippen LogP contribution >= 0.6 is 0 Å². The highest BCUT2D eigenvalue weighted by atomic mass is 32.2. The molecule has 1 aliphatic rings. The van der Waals surface area contributed by atoms with Gasteiger partial charge in [-0.3, -0.25) is 4.79 Å². The molecule has 0 saturated heterocycles. The van der Waals surface area contributed by atoms with Gasteiger partial charge in [0.1, 0.15) is 0 Å². The molecule has 0 heterocycles. The summed E-state index contributed by atoms with van der Waals surface area (Å²) in [7, 11) is -2.39. The molecule has 2 rings (SSSR count). The van der Waals surface area contributed by atoms with Crippen LogP contribution in [-0.2, 0) is 10.2 Å². The Bertz CT molecular complexity index is 672. The monoisotopic (exact) mass is 307 g/mol. The Morgan fingerprint density at radius 2 is 1.95 bits per heavy atom. The summed E-state index contributed by atoms with van der Waals surface area (Å²) < 4.78 is 27.6. The van der Waals surface area contributed by atoms with Crippen LogP contribution < -0.4 is 4.72 Å². The van der Waals surface area contributed by atoms with Crippen molar-refractivity contribution in [2.45, 2.75) is 25.8 Å². The van der Waals surface area contributed by atoms with Gasteiger partial charge in [-0.15, -0.1) is 0 Å². The standard InChI is InChI=1S/C14H17N3O3S/c1-10(12-7-8-12)17(2)21(19,20)16-14(18)13-5-3-11(9-15)4-6-13/h3-6,10,12H,7-8H2,1-2H3,(H,16,18). The molecule has 1 atom stereocenters. The quantitative estimate of drug-likeness (QED) is 0.886. The molecule has 0 radical (unpaired) electrons. The van der Waals surface area contributed by atoms with Crippen molar-refractivity contribution in [3.05, 3.63) is 35.4 Å². The van der Waals surface area contributed by atoms with E-state index in [1.54, 1.807) is 0 Å². The average Bonchev–Trinajstić information content (AvgIpc) is 3.30. The number of hydrogen-bond acceptors (Lipinski definition) is 4. The molecule has 1 saturated carbocycles. The molecule has 1 amide bonds. The lowest BCUT2D eigenvalue weighted by atomic mass is 10.1. The Morgan fingerprint density at radius 3 is 2.43 bits per heavy atom. The molecule has 0 spiro atoms. The smallest absolute Gasteiger partial charge is 0.268 e. The van der Waals surface area contributed by atoms with Crippen LogP contribution in [0.4, 0.5) is 0 Å². The van der Waals surface area contributed by atoms with Gasteiger partial charge in [-0.05, 0) is 49.9 Å². The van der Waals surface area contributed by atoms with E-state index in [4.69, 9.17) is 5.26 Å². The van der Waals surface area contributed by atoms with Gasteiger partial charge in [0.15, 0.2) is 0 Å². The van der Waals surface area contributed by atoms with Crippen molar-refractivity contribution in [2.24, 2.45) is 5.92 Å². The number of carbonyl (C=O) groups is 1. The SMILES string of the molecule is CC(C1CC1)N(C)S(=O)(=O)NC(=O)c1ccc(C#N)cc1. The third-order valence-corrected chi connectivity index (χ3v) is 5.29. The van der Waals surface area contributed by atoms with Crippen molar-refractivity contribution < 1.29 is 13.2 Å². The number of amides is 1. The lowest BCUT2D eigenvalue weighted by molar-refractivity contribution is 0.0978. The maximum Gasteiger partial charge on any atom is 0.304 e. The maximum absolute atomic E-state index is 12.2. The second-order valence-corrected chi connectivity index (χ2v) is 6.95. The van der Waals surface area contributed by atoms with Crippen molar-refractivity contribution in [2.75, 3.05) is 7.05 Å². The summed E-state index contributed by atoms with van der Waals surface area (Å²) >= 11 is 0. The molecule has 0 aromatic heterocycles. The summed E-state index contributed by atoms with van der Waals surface area (Å²) in [5.74, 6) is -0.328. The summed E-state index contributed by atoms with van der Waals surface area (Å²) in [5, 5.41) is 8.69. The molecule has 1 aliphatic carbocycles. The first kappa shape index (κ1) is 15.5. The van der Waals surface area contributed by atoms with E-state index in [2.05, 4.69) is 0 Å². The summed E-state index contributed by atoms with van der Waals surface area (Å²) in [6.07, 6.45) is 2.04. The van der Waals surface area contributed by atoms with Crippen LogP contribution in [0.1, 0.15) is 35.7 Å². The van der Waals surface area contributed by atoms with Crippen LogP contribution in [0.15, 0.2) is 24.3 Å². The Balaban J connectivity index is 2.08. The third-order valence-electron chi connectivity index (χ3n) is 3.75. The predicted octanol–water partition coefficient (Wildman–Crippen LogP) is 1.26. The lowest BCUT2D eigenvalue weighted by Gasteiger charge is -2.24. The fourth-order valence-electron chi connectivity index (χ4n) is 2.04. The van der Waals surface area contributed by atoms with Crippen LogP contribution in [0.25, 0.3) is 0 Å². The van der Waals surface area contributed by atoms with E-state index in [-0.39, 0.29) is 11.6 Å². The summed E-state index contributed by atoms with van der Waals surface area (Å²) in [6.45, 7) is 1.84. The van der Waals surface area contributed by atoms with Crippen molar-refractivity contribution in [3.8, 4) is 6.07 Å². The second-order valence-electron chi connectivity index (χ2n) is 5.22. The van der Waals surface area contributed by atoms with Crippen molar-refractivity contribution in [3.63, 3.8) is 0 Å². The van der Waals surface area contributed by atoms with Gasteiger partial charge in [0.05, 0.1) is 11.6 Å². The topological polar surface area (TPSA) is 90.3 Å². The molecule has 6 nitrogen and oxygen atoms in total. The highest BCUT2D eigenvalue weighted by Crippen LogP contribution is 2.35. The molecule has 0 bridgehead atoms. The Labute approximate surface area is 124 Å². The number of benzene rings is 1. The highest BCUT2D eigenvalue weighted by Gasteiger charge is 2.36. The van der Waals surface area contributed by atoms with Crippen LogP contribution in [0, 0.1) is 17.2 Å². The molecular formula is C14H17N3O3S. The number of nitriles is 1. The van der Waals surface area contributed by atoms with E-state index < -0.39 is 16.1 Å². The van der Waals surface area contributed by atoms with Crippen LogP contribution in [0.2, 0.25) is 0 Å². The first-order valence-electron chi connectivity index (χ1n) is 6.65. The fourth-order valence-corrected chi connectivity index (χ4v) is 3.14. The molecule has 1 N–H and O–H groups in total. The zero-order chi connectivity index (χ0) is 15.6. The highest BCUT2D eigenvalue weighted by molar-refractivity contribution is 7.87. The normalized spacial score (nSPS) is 16.3. The molecule has 1 fully saturated rings. The molecule has 7 heteroatoms. The number of hydrogen-bond donors (Lipinski definition) is 1. The molecule has 112 valence electrons. The van der Waals surface area contributed by atoms with E-state index in [0.29, 0.717) is 11.5 Å². The third kappa shape index (κ3) is 3.60. The minimum atomic E-state index is -3.86. The van der Waals surface area contributed by atoms with Gasteiger partial charge in [0.25, 0.3) is 5.91 Å². The van der Waals surface area contributed by atoms with Gasteiger partial charge in [0, 0.05) is 18.7 Å². The maximum atomic E-state index is 12.2. The van der Waals surface area contributed by atoms with Crippen LogP contribution in [0.3, 0.4) is 0 Å². The summed E-state index contributed by atoms with van der Waals surface area (Å²) in [4.78, 5) is 12.0. The number of rotatable bonds is 5. The Hall–Kier alpha value is -1.91. The summed E-state index contributed by atoms with van der Waals surface area (Å²) in [6, 6.07) is 7.60. The zero-order valence-electron chi connectivity index (χ0n) is 11.9. The molecule has 1 unspecified atom stereocenters. The number of nitrogens with zero attached hydrogens (tertiary/aromatic N) is 2. The van der Waals surface area contributed by atoms with Crippen molar-refractivity contribution in [1.29, 1.82) is 5.26 Å². The van der Waals surface area contributed by atoms with Gasteiger partial charge in [-0.2, -0.15) is 18.0 Å². The predicted molar refractivity (Wildman–Crippen MR) is 77.5 cm³/mol. The molecule has 21 heavy (non-hydrogen) atoms. The Morgan fingerprint density at radius 1 is 1.38 bits per heavy atom. The van der Waals surface area contributed by atoms with E-state index in [9.17, 15) is 13.2 Å². The van der Waals surface area contributed by atoms with E-state index in [0.717, 1.165) is 12.8 Å². The van der Waals surface area contributed by atoms with E-state index >= 15 is 0 Å². The second kappa shape index (κ2) is 5.84. The van der Waals surface area contributed by atoms with Gasteiger partial charge >= 0.3 is 10.2 Å². The zero-order valence-corrected chi connectivity index (χ0v) is 12.7. The van der Waals surface area contributed by atoms with Gasteiger partial charge < -0.3 is 0 Å². The minimum Gasteiger partial charge on any atom is -0.268 e. The van der Waals surface area contributed by atoms with Crippen LogP contribution in [0.5, 0.6) is 0 Å². The first-order chi connectivity index (χ1) is 9.85. The summed E-state index contributed by atoms with van der Waals surface area (Å²) in [5.41, 5.74) is 0.610. The molecular weight excluding hydrogens is 290 g/mol. The van der Waals surface area contributed by atoms with E-state index in [1.165, 1.54) is 35.6 Å². The van der Waals surface area contributed by atoms with E-state index in [1.807, 2.05) is 17.7 Å². The van der Waals surface area contributed by atoms with Gasteiger partial charge in [0.2, 0.25) is 0 Å². The minimum absolute atomic E-state index is 0.128. The van der Waals surface area contributed by atoms with Crippen LogP contribution in [-0.4, -0.2) is 31.7 Å². The Kier molecular flexibility index (Phi) is 4.30. The first-order valence-corrected chi connectivity index (χ1v) is 8.09. The van der Waals surface area contributed by atoms with Crippen molar-refractivity contribution >= 4 is 16.1 Å². The molecule has 0 aliphatic heterocycles. The number of nitrogens with one attached hydrogen (secondary N) is 1. The molecule has 1 aromatic carbocycles. The molecule has 1 aromatic rings. The average molecular weight is 307 g/mol.